The molecule has 0 amide bonds. The quantitative estimate of drug-likeness (QED) is 0.617. The number of nitrogens with two attached hydrogens (primary N) is 1. The lowest BCUT2D eigenvalue weighted by molar-refractivity contribution is -0.119. The monoisotopic (exact) mass is 231 g/mol. The van der Waals surface area contributed by atoms with Gasteiger partial charge in [-0.15, -0.1) is 0 Å². The molecule has 16 heavy (non-hydrogen) atoms. The Morgan fingerprint density at radius 3 is 2.19 bits per heavy atom. The van der Waals surface area contributed by atoms with Crippen LogP contribution >= 0.6 is 0 Å². The first-order valence-electron chi connectivity index (χ1n) is 4.52. The maximum atomic E-state index is 12.1. The lowest BCUT2D eigenvalue weighted by atomic mass is 10.2. The molecule has 3 N–H and O–H groups in total. The summed E-state index contributed by atoms with van der Waals surface area (Å²) in [5.41, 5.74) is 6.15. The average molecular weight is 231 g/mol. The van der Waals surface area contributed by atoms with E-state index in [1.807, 2.05) is 0 Å². The lowest BCUT2D eigenvalue weighted by Crippen LogP contribution is -2.30. The van der Waals surface area contributed by atoms with E-state index in [-0.39, 0.29) is 5.84 Å². The summed E-state index contributed by atoms with van der Waals surface area (Å²) >= 11 is 0. The van der Waals surface area contributed by atoms with Crippen molar-refractivity contribution in [2.24, 2.45) is 5.73 Å². The summed E-state index contributed by atoms with van der Waals surface area (Å²) in [5, 5.41) is 7.14. The van der Waals surface area contributed by atoms with Crippen molar-refractivity contribution >= 4 is 11.5 Å². The maximum absolute atomic E-state index is 12.1. The van der Waals surface area contributed by atoms with Crippen LogP contribution < -0.4 is 10.6 Å². The van der Waals surface area contributed by atoms with Crippen LogP contribution in [-0.2, 0) is 0 Å². The van der Waals surface area contributed by atoms with Gasteiger partial charge in [-0.25, -0.2) is 0 Å². The van der Waals surface area contributed by atoms with Crippen molar-refractivity contribution in [2.75, 3.05) is 18.5 Å². The molecule has 0 spiro atoms. The van der Waals surface area contributed by atoms with Crippen LogP contribution in [0.5, 0.6) is 0 Å². The van der Waals surface area contributed by atoms with Gasteiger partial charge in [0, 0.05) is 18.3 Å². The van der Waals surface area contributed by atoms with Gasteiger partial charge in [0.1, 0.15) is 12.4 Å². The van der Waals surface area contributed by atoms with Crippen LogP contribution in [0.15, 0.2) is 24.3 Å². The van der Waals surface area contributed by atoms with Gasteiger partial charge in [-0.2, -0.15) is 13.2 Å². The molecule has 0 bridgehead atoms. The number of halogens is 3. The number of benzene rings is 1. The van der Waals surface area contributed by atoms with E-state index >= 15 is 0 Å². The largest absolute Gasteiger partial charge is 0.405 e. The zero-order valence-corrected chi connectivity index (χ0v) is 8.67. The third-order valence-electron chi connectivity index (χ3n) is 2.04. The molecule has 1 aromatic carbocycles. The highest BCUT2D eigenvalue weighted by atomic mass is 19.4. The van der Waals surface area contributed by atoms with E-state index in [2.05, 4.69) is 0 Å². The van der Waals surface area contributed by atoms with Gasteiger partial charge in [-0.3, -0.25) is 5.41 Å². The number of amidine groups is 1. The molecule has 0 fully saturated rings. The maximum Gasteiger partial charge on any atom is 0.405 e. The van der Waals surface area contributed by atoms with E-state index < -0.39 is 12.7 Å². The predicted octanol–water partition coefficient (Wildman–Crippen LogP) is 1.97. The first-order chi connectivity index (χ1) is 7.29. The second-order valence-electron chi connectivity index (χ2n) is 3.43. The van der Waals surface area contributed by atoms with Gasteiger partial charge >= 0.3 is 6.18 Å². The number of hydrogen-bond donors (Lipinski definition) is 2. The molecular formula is C10H12F3N3. The first kappa shape index (κ1) is 12.4. The molecule has 6 heteroatoms. The number of nitrogens with one attached hydrogen (secondary N) is 1. The topological polar surface area (TPSA) is 53.1 Å². The zero-order valence-electron chi connectivity index (χ0n) is 8.67. The fourth-order valence-electron chi connectivity index (χ4n) is 1.26. The van der Waals surface area contributed by atoms with Crippen LogP contribution in [0.4, 0.5) is 18.9 Å². The van der Waals surface area contributed by atoms with E-state index in [4.69, 9.17) is 11.1 Å². The Kier molecular flexibility index (Phi) is 3.41. The fourth-order valence-corrected chi connectivity index (χ4v) is 1.26. The van der Waals surface area contributed by atoms with Gasteiger partial charge in [0.2, 0.25) is 0 Å². The molecule has 0 aromatic heterocycles. The van der Waals surface area contributed by atoms with Crippen molar-refractivity contribution in [3.05, 3.63) is 29.8 Å². The van der Waals surface area contributed by atoms with Crippen molar-refractivity contribution in [1.29, 1.82) is 5.41 Å². The zero-order chi connectivity index (χ0) is 12.3. The summed E-state index contributed by atoms with van der Waals surface area (Å²) in [6, 6.07) is 6.04. The molecule has 0 radical (unpaired) electrons. The van der Waals surface area contributed by atoms with Gasteiger partial charge in [0.25, 0.3) is 0 Å². The number of hydrogen-bond acceptors (Lipinski definition) is 2. The van der Waals surface area contributed by atoms with Crippen LogP contribution in [0.2, 0.25) is 0 Å². The fraction of sp³-hybridized carbons (Fsp3) is 0.300. The molecule has 0 heterocycles. The molecule has 0 atom stereocenters. The molecule has 1 rings (SSSR count). The van der Waals surface area contributed by atoms with E-state index in [9.17, 15) is 13.2 Å². The second-order valence-corrected chi connectivity index (χ2v) is 3.43. The smallest absolute Gasteiger partial charge is 0.384 e. The summed E-state index contributed by atoms with van der Waals surface area (Å²) in [5.74, 6) is -0.106. The standard InChI is InChI=1S/C10H12F3N3/c1-16(6-10(11,12)13)8-4-2-7(3-5-8)9(14)15/h2-5H,6H2,1H3,(H3,14,15). The molecule has 3 nitrogen and oxygen atoms in total. The summed E-state index contributed by atoms with van der Waals surface area (Å²) in [4.78, 5) is 1.09. The van der Waals surface area contributed by atoms with Crippen molar-refractivity contribution in [2.45, 2.75) is 6.18 Å². The van der Waals surface area contributed by atoms with E-state index in [1.54, 1.807) is 0 Å². The number of alkyl halides is 3. The van der Waals surface area contributed by atoms with Crippen LogP contribution in [0.1, 0.15) is 5.56 Å². The molecule has 0 aliphatic rings. The van der Waals surface area contributed by atoms with Crippen LogP contribution in [0.25, 0.3) is 0 Å². The Bertz CT molecular complexity index is 370. The van der Waals surface area contributed by atoms with E-state index in [1.165, 1.54) is 31.3 Å². The van der Waals surface area contributed by atoms with Gasteiger partial charge in [-0.05, 0) is 24.3 Å². The Labute approximate surface area is 91.2 Å². The molecule has 0 saturated heterocycles. The van der Waals surface area contributed by atoms with E-state index in [0.717, 1.165) is 4.90 Å². The van der Waals surface area contributed by atoms with Gasteiger partial charge in [0.05, 0.1) is 0 Å². The van der Waals surface area contributed by atoms with Gasteiger partial charge in [0.15, 0.2) is 0 Å². The normalized spacial score (nSPS) is 11.2. The van der Waals surface area contributed by atoms with Gasteiger partial charge in [-0.1, -0.05) is 0 Å². The summed E-state index contributed by atoms with van der Waals surface area (Å²) < 4.78 is 36.3. The van der Waals surface area contributed by atoms with Crippen LogP contribution in [0.3, 0.4) is 0 Å². The van der Waals surface area contributed by atoms with Gasteiger partial charge < -0.3 is 10.6 Å². The number of rotatable bonds is 3. The van der Waals surface area contributed by atoms with Crippen LogP contribution in [-0.4, -0.2) is 25.6 Å². The number of nitrogen functional groups attached to an aromatic ring is 1. The summed E-state index contributed by atoms with van der Waals surface area (Å²) in [7, 11) is 1.36. The van der Waals surface area contributed by atoms with Crippen molar-refractivity contribution in [3.8, 4) is 0 Å². The molecule has 88 valence electrons. The molecule has 1 aromatic rings. The Morgan fingerprint density at radius 2 is 1.81 bits per heavy atom. The lowest BCUT2D eigenvalue weighted by Gasteiger charge is -2.20. The third kappa shape index (κ3) is 3.45. The minimum absolute atomic E-state index is 0.106. The minimum Gasteiger partial charge on any atom is -0.384 e. The molecular weight excluding hydrogens is 219 g/mol. The van der Waals surface area contributed by atoms with Crippen LogP contribution in [0, 0.1) is 5.41 Å². The summed E-state index contributed by atoms with van der Waals surface area (Å²) in [6.07, 6.45) is -4.23. The molecule has 0 saturated carbocycles. The highest BCUT2D eigenvalue weighted by Gasteiger charge is 2.29. The highest BCUT2D eigenvalue weighted by Crippen LogP contribution is 2.20. The summed E-state index contributed by atoms with van der Waals surface area (Å²) in [6.45, 7) is -1.01. The molecule has 0 aliphatic carbocycles. The highest BCUT2D eigenvalue weighted by molar-refractivity contribution is 5.95. The predicted molar refractivity (Wildman–Crippen MR) is 56.8 cm³/mol. The Hall–Kier alpha value is -1.72. The van der Waals surface area contributed by atoms with Crippen molar-refractivity contribution in [3.63, 3.8) is 0 Å². The van der Waals surface area contributed by atoms with E-state index in [0.29, 0.717) is 11.3 Å². The average Bonchev–Trinajstić information content (AvgIpc) is 2.15. The SMILES string of the molecule is CN(CC(F)(F)F)c1ccc(C(=N)N)cc1. The Morgan fingerprint density at radius 1 is 1.31 bits per heavy atom. The Balaban J connectivity index is 2.78. The number of anilines is 1. The molecule has 0 unspecified atom stereocenters. The second kappa shape index (κ2) is 4.42. The number of nitrogens with zero attached hydrogens (tertiary/aromatic N) is 1. The minimum atomic E-state index is -4.23. The van der Waals surface area contributed by atoms with Crippen molar-refractivity contribution < 1.29 is 13.2 Å². The molecule has 0 aliphatic heterocycles. The third-order valence-corrected chi connectivity index (χ3v) is 2.04. The van der Waals surface area contributed by atoms with Crippen molar-refractivity contribution in [1.82, 2.24) is 0 Å². The first-order valence-corrected chi connectivity index (χ1v) is 4.52.